The Kier molecular flexibility index (Phi) is 4.54. The molecule has 0 N–H and O–H groups in total. The van der Waals surface area contributed by atoms with Gasteiger partial charge in [0.05, 0.1) is 24.9 Å². The molecule has 122 valence electrons. The fraction of sp³-hybridized carbons (Fsp3) is 0.250. The second-order valence-corrected chi connectivity index (χ2v) is 5.54. The number of hydrogen-bond acceptors (Lipinski definition) is 4. The van der Waals surface area contributed by atoms with Gasteiger partial charge in [0.15, 0.2) is 0 Å². The molecule has 2 aromatic carbocycles. The highest BCUT2D eigenvalue weighted by molar-refractivity contribution is 5.90. The smallest absolute Gasteiger partial charge is 0.337 e. The zero-order valence-electron chi connectivity index (χ0n) is 14.0. The highest BCUT2D eigenvalue weighted by atomic mass is 16.5. The van der Waals surface area contributed by atoms with E-state index in [4.69, 9.17) is 9.47 Å². The molecule has 2 aromatic rings. The molecule has 0 aliphatic carbocycles. The van der Waals surface area contributed by atoms with E-state index in [2.05, 4.69) is 30.2 Å². The van der Waals surface area contributed by atoms with Crippen LogP contribution in [0.1, 0.15) is 28.9 Å². The molecule has 1 unspecified atom stereocenters. The third-order valence-corrected chi connectivity index (χ3v) is 4.18. The number of esters is 1. The van der Waals surface area contributed by atoms with E-state index < -0.39 is 0 Å². The van der Waals surface area contributed by atoms with Crippen molar-refractivity contribution in [2.45, 2.75) is 13.0 Å². The third-order valence-electron chi connectivity index (χ3n) is 4.18. The molecule has 0 bridgehead atoms. The van der Waals surface area contributed by atoms with Crippen molar-refractivity contribution in [3.8, 4) is 23.1 Å². The predicted octanol–water partition coefficient (Wildman–Crippen LogP) is 3.63. The molecule has 0 saturated heterocycles. The van der Waals surface area contributed by atoms with Crippen LogP contribution in [0.15, 0.2) is 42.5 Å². The van der Waals surface area contributed by atoms with E-state index in [9.17, 15) is 4.79 Å². The SMILES string of the molecule is CC#CN1CC(OC)c2cc(-c3ccc(C(=O)OC)cc3)ccc21. The summed E-state index contributed by atoms with van der Waals surface area (Å²) in [6.45, 7) is 2.56. The molecule has 1 heterocycles. The molecule has 0 amide bonds. The topological polar surface area (TPSA) is 38.8 Å². The van der Waals surface area contributed by atoms with Crippen molar-refractivity contribution in [2.24, 2.45) is 0 Å². The number of anilines is 1. The fourth-order valence-corrected chi connectivity index (χ4v) is 2.96. The zero-order valence-corrected chi connectivity index (χ0v) is 14.0. The van der Waals surface area contributed by atoms with Gasteiger partial charge in [0, 0.05) is 18.7 Å². The maximum atomic E-state index is 11.5. The van der Waals surface area contributed by atoms with Crippen molar-refractivity contribution in [2.75, 3.05) is 25.7 Å². The van der Waals surface area contributed by atoms with Crippen LogP contribution in [0.4, 0.5) is 5.69 Å². The average molecular weight is 321 g/mol. The molecule has 3 rings (SSSR count). The number of fused-ring (bicyclic) bond motifs is 1. The molecule has 0 saturated carbocycles. The van der Waals surface area contributed by atoms with Crippen LogP contribution < -0.4 is 4.90 Å². The summed E-state index contributed by atoms with van der Waals surface area (Å²) in [5.41, 5.74) is 4.89. The van der Waals surface area contributed by atoms with Gasteiger partial charge in [-0.15, -0.1) is 0 Å². The monoisotopic (exact) mass is 321 g/mol. The number of methoxy groups -OCH3 is 2. The average Bonchev–Trinajstić information content (AvgIpc) is 2.98. The summed E-state index contributed by atoms with van der Waals surface area (Å²) in [6.07, 6.45) is 0.00939. The van der Waals surface area contributed by atoms with Crippen LogP contribution in [-0.4, -0.2) is 26.7 Å². The lowest BCUT2D eigenvalue weighted by Crippen LogP contribution is -2.15. The third kappa shape index (κ3) is 2.86. The van der Waals surface area contributed by atoms with Crippen LogP contribution in [0.5, 0.6) is 0 Å². The minimum absolute atomic E-state index is 0.00939. The molecular weight excluding hydrogens is 302 g/mol. The molecular formula is C20H19NO3. The Bertz CT molecular complexity index is 815. The lowest BCUT2D eigenvalue weighted by molar-refractivity contribution is 0.0601. The summed E-state index contributed by atoms with van der Waals surface area (Å²) in [5, 5.41) is 0. The Morgan fingerprint density at radius 1 is 1.12 bits per heavy atom. The molecule has 1 atom stereocenters. The molecule has 24 heavy (non-hydrogen) atoms. The first kappa shape index (κ1) is 16.1. The molecule has 0 fully saturated rings. The Balaban J connectivity index is 1.96. The van der Waals surface area contributed by atoms with Crippen LogP contribution in [0.3, 0.4) is 0 Å². The molecule has 1 aliphatic heterocycles. The van der Waals surface area contributed by atoms with Crippen LogP contribution >= 0.6 is 0 Å². The minimum Gasteiger partial charge on any atom is -0.465 e. The second kappa shape index (κ2) is 6.77. The number of rotatable bonds is 3. The number of ether oxygens (including phenoxy) is 2. The van der Waals surface area contributed by atoms with Crippen molar-refractivity contribution in [1.82, 2.24) is 0 Å². The van der Waals surface area contributed by atoms with Crippen molar-refractivity contribution in [1.29, 1.82) is 0 Å². The van der Waals surface area contributed by atoms with E-state index in [1.807, 2.05) is 24.0 Å². The van der Waals surface area contributed by atoms with E-state index >= 15 is 0 Å². The normalized spacial score (nSPS) is 15.5. The Hall–Kier alpha value is -2.77. The van der Waals surface area contributed by atoms with E-state index in [1.165, 1.54) is 7.11 Å². The second-order valence-electron chi connectivity index (χ2n) is 5.54. The van der Waals surface area contributed by atoms with Crippen LogP contribution in [0.2, 0.25) is 0 Å². The first-order chi connectivity index (χ1) is 11.7. The predicted molar refractivity (Wildman–Crippen MR) is 93.8 cm³/mol. The van der Waals surface area contributed by atoms with E-state index in [0.717, 1.165) is 28.9 Å². The van der Waals surface area contributed by atoms with Gasteiger partial charge in [-0.1, -0.05) is 24.1 Å². The lowest BCUT2D eigenvalue weighted by Gasteiger charge is -2.11. The minimum atomic E-state index is -0.330. The van der Waals surface area contributed by atoms with E-state index in [1.54, 1.807) is 19.2 Å². The van der Waals surface area contributed by atoms with Gasteiger partial charge in [-0.25, -0.2) is 4.79 Å². The van der Waals surface area contributed by atoms with Crippen LogP contribution in [0.25, 0.3) is 11.1 Å². The molecule has 1 aliphatic rings. The summed E-state index contributed by atoms with van der Waals surface area (Å²) in [7, 11) is 3.10. The number of nitrogens with zero attached hydrogens (tertiary/aromatic N) is 1. The Labute approximate surface area is 142 Å². The summed E-state index contributed by atoms with van der Waals surface area (Å²) in [6, 6.07) is 16.8. The van der Waals surface area contributed by atoms with Gasteiger partial charge in [-0.05, 0) is 42.3 Å². The maximum absolute atomic E-state index is 11.5. The number of benzene rings is 2. The van der Waals surface area contributed by atoms with E-state index in [-0.39, 0.29) is 12.1 Å². The van der Waals surface area contributed by atoms with Gasteiger partial charge in [-0.3, -0.25) is 4.90 Å². The summed E-state index contributed by atoms with van der Waals surface area (Å²) in [5.74, 6) is 2.61. The fourth-order valence-electron chi connectivity index (χ4n) is 2.96. The van der Waals surface area contributed by atoms with E-state index in [0.29, 0.717) is 5.56 Å². The van der Waals surface area contributed by atoms with Gasteiger partial charge in [0.2, 0.25) is 0 Å². The molecule has 4 heteroatoms. The van der Waals surface area contributed by atoms with Gasteiger partial charge >= 0.3 is 5.97 Å². The number of carbonyl (C=O) groups is 1. The van der Waals surface area contributed by atoms with Crippen LogP contribution in [-0.2, 0) is 9.47 Å². The van der Waals surface area contributed by atoms with Crippen molar-refractivity contribution in [3.63, 3.8) is 0 Å². The van der Waals surface area contributed by atoms with Gasteiger partial charge in [-0.2, -0.15) is 0 Å². The maximum Gasteiger partial charge on any atom is 0.337 e. The van der Waals surface area contributed by atoms with Crippen molar-refractivity contribution >= 4 is 11.7 Å². The highest BCUT2D eigenvalue weighted by Gasteiger charge is 2.28. The summed E-state index contributed by atoms with van der Waals surface area (Å²) >= 11 is 0. The first-order valence-electron chi connectivity index (χ1n) is 7.73. The quantitative estimate of drug-likeness (QED) is 0.639. The largest absolute Gasteiger partial charge is 0.465 e. The Morgan fingerprint density at radius 3 is 2.46 bits per heavy atom. The van der Waals surface area contributed by atoms with Gasteiger partial charge < -0.3 is 9.47 Å². The first-order valence-corrected chi connectivity index (χ1v) is 7.73. The molecule has 0 aromatic heterocycles. The van der Waals surface area contributed by atoms with Gasteiger partial charge in [0.25, 0.3) is 0 Å². The summed E-state index contributed by atoms with van der Waals surface area (Å²) in [4.78, 5) is 13.6. The Morgan fingerprint density at radius 2 is 1.83 bits per heavy atom. The number of carbonyl (C=O) groups excluding carboxylic acids is 1. The zero-order chi connectivity index (χ0) is 17.1. The summed E-state index contributed by atoms with van der Waals surface area (Å²) < 4.78 is 10.3. The number of hydrogen-bond donors (Lipinski definition) is 0. The van der Waals surface area contributed by atoms with Crippen LogP contribution in [0, 0.1) is 12.0 Å². The molecule has 0 radical (unpaired) electrons. The molecule has 4 nitrogen and oxygen atoms in total. The molecule has 0 spiro atoms. The standard InChI is InChI=1S/C20H19NO3/c1-4-11-21-13-19(23-2)17-12-16(9-10-18(17)21)14-5-7-15(8-6-14)20(22)24-3/h5-10,12,19H,13H2,1-3H3. The van der Waals surface area contributed by atoms with Crippen molar-refractivity contribution in [3.05, 3.63) is 53.6 Å². The lowest BCUT2D eigenvalue weighted by atomic mass is 10.00. The highest BCUT2D eigenvalue weighted by Crippen LogP contribution is 2.38. The van der Waals surface area contributed by atoms with Gasteiger partial charge in [0.1, 0.15) is 6.10 Å². The van der Waals surface area contributed by atoms with Crippen molar-refractivity contribution < 1.29 is 14.3 Å².